The summed E-state index contributed by atoms with van der Waals surface area (Å²) < 4.78 is 5.11. The van der Waals surface area contributed by atoms with Crippen LogP contribution < -0.4 is 10.6 Å². The summed E-state index contributed by atoms with van der Waals surface area (Å²) in [7, 11) is 0. The highest BCUT2D eigenvalue weighted by Crippen LogP contribution is 2.33. The second-order valence-corrected chi connectivity index (χ2v) is 8.09. The second-order valence-electron chi connectivity index (χ2n) is 7.03. The predicted octanol–water partition coefficient (Wildman–Crippen LogP) is 3.61. The third-order valence-electron chi connectivity index (χ3n) is 4.97. The van der Waals surface area contributed by atoms with E-state index in [1.165, 1.54) is 17.6 Å². The smallest absolute Gasteiger partial charge is 0.291 e. The van der Waals surface area contributed by atoms with E-state index in [1.54, 1.807) is 23.1 Å². The number of nitrogens with one attached hydrogen (secondary N) is 2. The number of aryl methyl sites for hydroxylation is 1. The lowest BCUT2D eigenvalue weighted by atomic mass is 10.0. The maximum Gasteiger partial charge on any atom is 0.291 e. The molecule has 7 nitrogen and oxygen atoms in total. The third kappa shape index (κ3) is 4.13. The van der Waals surface area contributed by atoms with Gasteiger partial charge in [0.15, 0.2) is 5.76 Å². The number of rotatable bonds is 4. The molecule has 3 amide bonds. The SMILES string of the molecule is Cc1cc(NC(=O)c2ccco2)sc1C(=O)N1CCNC(=O)C[C@H]1c1ccccc1. The monoisotopic (exact) mass is 423 g/mol. The molecule has 0 unspecified atom stereocenters. The molecule has 30 heavy (non-hydrogen) atoms. The molecule has 1 atom stereocenters. The fraction of sp³-hybridized carbons (Fsp3) is 0.227. The van der Waals surface area contributed by atoms with Gasteiger partial charge in [-0.1, -0.05) is 30.3 Å². The molecule has 0 bridgehead atoms. The van der Waals surface area contributed by atoms with E-state index in [-0.39, 0.29) is 35.9 Å². The highest BCUT2D eigenvalue weighted by Gasteiger charge is 2.32. The first kappa shape index (κ1) is 19.9. The molecule has 1 aromatic carbocycles. The first-order chi connectivity index (χ1) is 14.5. The number of carbonyl (C=O) groups is 3. The average molecular weight is 423 g/mol. The van der Waals surface area contributed by atoms with Crippen molar-refractivity contribution in [1.29, 1.82) is 0 Å². The molecule has 3 aromatic rings. The molecule has 1 aliphatic heterocycles. The van der Waals surface area contributed by atoms with Crippen LogP contribution in [0.2, 0.25) is 0 Å². The van der Waals surface area contributed by atoms with Crippen LogP contribution in [-0.4, -0.2) is 35.7 Å². The number of furan rings is 1. The molecule has 1 aliphatic rings. The number of hydrogen-bond acceptors (Lipinski definition) is 5. The van der Waals surface area contributed by atoms with Gasteiger partial charge in [0, 0.05) is 13.1 Å². The summed E-state index contributed by atoms with van der Waals surface area (Å²) in [5.74, 6) is -0.392. The third-order valence-corrected chi connectivity index (χ3v) is 6.11. The molecule has 0 saturated carbocycles. The minimum Gasteiger partial charge on any atom is -0.459 e. The lowest BCUT2D eigenvalue weighted by Gasteiger charge is -2.29. The Kier molecular flexibility index (Phi) is 5.67. The Morgan fingerprint density at radius 1 is 1.20 bits per heavy atom. The fourth-order valence-corrected chi connectivity index (χ4v) is 4.54. The first-order valence-electron chi connectivity index (χ1n) is 9.61. The Labute approximate surface area is 177 Å². The van der Waals surface area contributed by atoms with Crippen molar-refractivity contribution in [1.82, 2.24) is 10.2 Å². The van der Waals surface area contributed by atoms with Gasteiger partial charge in [0.2, 0.25) is 5.91 Å². The Morgan fingerprint density at radius 2 is 2.00 bits per heavy atom. The zero-order chi connectivity index (χ0) is 21.1. The molecular weight excluding hydrogens is 402 g/mol. The Morgan fingerprint density at radius 3 is 2.73 bits per heavy atom. The Hall–Kier alpha value is -3.39. The van der Waals surface area contributed by atoms with Crippen molar-refractivity contribution in [2.24, 2.45) is 0 Å². The predicted molar refractivity (Wildman–Crippen MR) is 114 cm³/mol. The number of thiophene rings is 1. The zero-order valence-corrected chi connectivity index (χ0v) is 17.2. The molecule has 0 spiro atoms. The largest absolute Gasteiger partial charge is 0.459 e. The van der Waals surface area contributed by atoms with E-state index in [4.69, 9.17) is 4.42 Å². The van der Waals surface area contributed by atoms with Crippen molar-refractivity contribution in [2.45, 2.75) is 19.4 Å². The maximum atomic E-state index is 13.5. The number of nitrogens with zero attached hydrogens (tertiary/aromatic N) is 1. The molecule has 8 heteroatoms. The second kappa shape index (κ2) is 8.54. The topological polar surface area (TPSA) is 91.7 Å². The van der Waals surface area contributed by atoms with E-state index in [2.05, 4.69) is 10.6 Å². The lowest BCUT2D eigenvalue weighted by molar-refractivity contribution is -0.121. The van der Waals surface area contributed by atoms with E-state index in [9.17, 15) is 14.4 Å². The standard InChI is InChI=1S/C22H21N3O4S/c1-14-12-19(24-21(27)17-8-5-11-29-17)30-20(14)22(28)25-10-9-23-18(26)13-16(25)15-6-3-2-4-7-15/h2-8,11-12,16H,9-10,13H2,1H3,(H,23,26)(H,24,27)/t16-/m0/s1. The summed E-state index contributed by atoms with van der Waals surface area (Å²) in [6.45, 7) is 2.65. The van der Waals surface area contributed by atoms with Crippen LogP contribution in [0.4, 0.5) is 5.00 Å². The molecule has 4 rings (SSSR count). The molecule has 1 saturated heterocycles. The average Bonchev–Trinajstić information content (AvgIpc) is 3.35. The first-order valence-corrected chi connectivity index (χ1v) is 10.4. The number of benzene rings is 1. The number of anilines is 1. The van der Waals surface area contributed by atoms with Crippen molar-refractivity contribution in [3.05, 3.63) is 76.6 Å². The lowest BCUT2D eigenvalue weighted by Crippen LogP contribution is -2.36. The molecule has 0 aliphatic carbocycles. The van der Waals surface area contributed by atoms with E-state index in [0.29, 0.717) is 23.0 Å². The van der Waals surface area contributed by atoms with Crippen LogP contribution in [0.3, 0.4) is 0 Å². The molecule has 3 heterocycles. The van der Waals surface area contributed by atoms with Gasteiger partial charge in [0.1, 0.15) is 0 Å². The van der Waals surface area contributed by atoms with Crippen molar-refractivity contribution in [3.63, 3.8) is 0 Å². The molecule has 2 N–H and O–H groups in total. The molecule has 0 radical (unpaired) electrons. The summed E-state index contributed by atoms with van der Waals surface area (Å²) >= 11 is 1.22. The van der Waals surface area contributed by atoms with Gasteiger partial charge < -0.3 is 20.0 Å². The van der Waals surface area contributed by atoms with Crippen LogP contribution in [0, 0.1) is 6.92 Å². The number of hydrogen-bond donors (Lipinski definition) is 2. The summed E-state index contributed by atoms with van der Waals surface area (Å²) in [6.07, 6.45) is 1.64. The normalized spacial score (nSPS) is 16.6. The number of amides is 3. The Balaban J connectivity index is 1.59. The van der Waals surface area contributed by atoms with Crippen molar-refractivity contribution < 1.29 is 18.8 Å². The summed E-state index contributed by atoms with van der Waals surface area (Å²) in [6, 6.07) is 14.2. The van der Waals surface area contributed by atoms with Crippen molar-refractivity contribution in [3.8, 4) is 0 Å². The highest BCUT2D eigenvalue weighted by molar-refractivity contribution is 7.18. The summed E-state index contributed by atoms with van der Waals surface area (Å²) in [4.78, 5) is 40.2. The summed E-state index contributed by atoms with van der Waals surface area (Å²) in [5, 5.41) is 6.19. The van der Waals surface area contributed by atoms with Crippen molar-refractivity contribution in [2.75, 3.05) is 18.4 Å². The molecule has 2 aromatic heterocycles. The van der Waals surface area contributed by atoms with Crippen LogP contribution in [0.25, 0.3) is 0 Å². The van der Waals surface area contributed by atoms with Crippen LogP contribution in [0.1, 0.15) is 43.8 Å². The van der Waals surface area contributed by atoms with Gasteiger partial charge in [0.25, 0.3) is 11.8 Å². The van der Waals surface area contributed by atoms with Gasteiger partial charge in [-0.3, -0.25) is 14.4 Å². The van der Waals surface area contributed by atoms with Gasteiger partial charge in [0.05, 0.1) is 28.6 Å². The van der Waals surface area contributed by atoms with Gasteiger partial charge >= 0.3 is 0 Å². The molecular formula is C22H21N3O4S. The van der Waals surface area contributed by atoms with E-state index < -0.39 is 0 Å². The maximum absolute atomic E-state index is 13.5. The van der Waals surface area contributed by atoms with Gasteiger partial charge in [-0.15, -0.1) is 11.3 Å². The van der Waals surface area contributed by atoms with E-state index >= 15 is 0 Å². The van der Waals surface area contributed by atoms with E-state index in [1.807, 2.05) is 37.3 Å². The molecule has 154 valence electrons. The van der Waals surface area contributed by atoms with Crippen LogP contribution in [0.15, 0.2) is 59.2 Å². The molecule has 1 fully saturated rings. The van der Waals surface area contributed by atoms with Crippen molar-refractivity contribution >= 4 is 34.1 Å². The van der Waals surface area contributed by atoms with Crippen LogP contribution >= 0.6 is 11.3 Å². The fourth-order valence-electron chi connectivity index (χ4n) is 3.51. The zero-order valence-electron chi connectivity index (χ0n) is 16.4. The van der Waals surface area contributed by atoms with Crippen LogP contribution in [0.5, 0.6) is 0 Å². The minimum absolute atomic E-state index is 0.0755. The summed E-state index contributed by atoms with van der Waals surface area (Å²) in [5.41, 5.74) is 1.69. The van der Waals surface area contributed by atoms with Gasteiger partial charge in [-0.05, 0) is 36.2 Å². The Bertz CT molecular complexity index is 1060. The number of carbonyl (C=O) groups excluding carboxylic acids is 3. The van der Waals surface area contributed by atoms with Gasteiger partial charge in [-0.25, -0.2) is 0 Å². The van der Waals surface area contributed by atoms with Gasteiger partial charge in [-0.2, -0.15) is 0 Å². The van der Waals surface area contributed by atoms with E-state index in [0.717, 1.165) is 11.1 Å². The minimum atomic E-state index is -0.369. The van der Waals surface area contributed by atoms with Crippen LogP contribution in [-0.2, 0) is 4.79 Å². The highest BCUT2D eigenvalue weighted by atomic mass is 32.1. The quantitative estimate of drug-likeness (QED) is 0.671.